The molecule has 5 aromatic rings. The largest absolute Gasteiger partial charge is 0.488 e. The lowest BCUT2D eigenvalue weighted by Crippen LogP contribution is -2.18. The van der Waals surface area contributed by atoms with Gasteiger partial charge in [0.2, 0.25) is 6.10 Å². The maximum absolute atomic E-state index is 13.0. The van der Waals surface area contributed by atoms with Gasteiger partial charge < -0.3 is 14.6 Å². The minimum absolute atomic E-state index is 0.00239. The molecular weight excluding hydrogens is 488 g/mol. The van der Waals surface area contributed by atoms with Crippen LogP contribution in [0.15, 0.2) is 121 Å². The van der Waals surface area contributed by atoms with Crippen LogP contribution in [0.1, 0.15) is 33.2 Å². The minimum atomic E-state index is -1.08. The van der Waals surface area contributed by atoms with Gasteiger partial charge in [0.25, 0.3) is 0 Å². The van der Waals surface area contributed by atoms with Crippen LogP contribution in [0, 0.1) is 0 Å². The fourth-order valence-corrected chi connectivity index (χ4v) is 4.87. The molecule has 5 aromatic carbocycles. The molecule has 6 rings (SSSR count). The third kappa shape index (κ3) is 4.78. The number of ether oxygens (including phenoxy) is 2. The number of rotatable bonds is 8. The second-order valence-corrected chi connectivity index (χ2v) is 9.31. The fourth-order valence-electron chi connectivity index (χ4n) is 4.87. The second kappa shape index (κ2) is 10.3. The van der Waals surface area contributed by atoms with Gasteiger partial charge in [-0.3, -0.25) is 4.79 Å². The summed E-state index contributed by atoms with van der Waals surface area (Å²) in [5.74, 6) is 0.0190. The van der Waals surface area contributed by atoms with E-state index in [9.17, 15) is 14.7 Å². The van der Waals surface area contributed by atoms with Crippen molar-refractivity contribution in [2.75, 3.05) is 0 Å². The van der Waals surface area contributed by atoms with E-state index in [2.05, 4.69) is 0 Å². The van der Waals surface area contributed by atoms with Gasteiger partial charge in [0.05, 0.1) is 5.56 Å². The number of carboxylic acids is 1. The minimum Gasteiger partial charge on any atom is -0.488 e. The van der Waals surface area contributed by atoms with E-state index in [4.69, 9.17) is 9.47 Å². The lowest BCUT2D eigenvalue weighted by molar-refractivity contribution is -0.145. The third-order valence-electron chi connectivity index (χ3n) is 6.83. The predicted octanol–water partition coefficient (Wildman–Crippen LogP) is 7.35. The van der Waals surface area contributed by atoms with E-state index in [1.54, 1.807) is 36.4 Å². The first kappa shape index (κ1) is 24.2. The molecule has 0 aromatic heterocycles. The molecule has 0 heterocycles. The molecule has 1 N–H and O–H groups in total. The van der Waals surface area contributed by atoms with Crippen molar-refractivity contribution >= 4 is 11.8 Å². The van der Waals surface area contributed by atoms with Gasteiger partial charge >= 0.3 is 5.97 Å². The van der Waals surface area contributed by atoms with Crippen molar-refractivity contribution in [1.29, 1.82) is 0 Å². The normalized spacial score (nSPS) is 12.4. The van der Waals surface area contributed by atoms with Crippen molar-refractivity contribution in [3.8, 4) is 33.8 Å². The number of hydrogen-bond donors (Lipinski definition) is 1. The zero-order valence-electron chi connectivity index (χ0n) is 20.9. The highest BCUT2D eigenvalue weighted by Crippen LogP contribution is 2.41. The molecule has 0 aliphatic heterocycles. The van der Waals surface area contributed by atoms with Gasteiger partial charge in [-0.1, -0.05) is 103 Å². The van der Waals surface area contributed by atoms with Gasteiger partial charge in [0, 0.05) is 11.1 Å². The van der Waals surface area contributed by atoms with Crippen LogP contribution in [-0.2, 0) is 11.4 Å². The predicted molar refractivity (Wildman–Crippen MR) is 149 cm³/mol. The zero-order valence-corrected chi connectivity index (χ0v) is 20.9. The average molecular weight is 513 g/mol. The first-order valence-electron chi connectivity index (χ1n) is 12.6. The summed E-state index contributed by atoms with van der Waals surface area (Å²) in [6, 6.07) is 37.6. The highest BCUT2D eigenvalue weighted by Gasteiger charge is 2.29. The van der Waals surface area contributed by atoms with Crippen LogP contribution in [0.3, 0.4) is 0 Å². The highest BCUT2D eigenvalue weighted by molar-refractivity contribution is 6.23. The fraction of sp³-hybridized carbons (Fsp3) is 0.0588. The standard InChI is InChI=1S/C34H24O5/c35-32-29-10-5-4-9-27(29)28-11-6-12-30(31(28)32)38-21-22-13-15-23(16-14-22)24-17-19-26(20-18-24)39-33(34(36)37)25-7-2-1-3-8-25/h1-20,33H,21H2,(H,36,37). The Morgan fingerprint density at radius 2 is 1.28 bits per heavy atom. The molecule has 190 valence electrons. The van der Waals surface area contributed by atoms with Crippen molar-refractivity contribution in [2.45, 2.75) is 12.7 Å². The highest BCUT2D eigenvalue weighted by atomic mass is 16.5. The maximum Gasteiger partial charge on any atom is 0.349 e. The topological polar surface area (TPSA) is 72.8 Å². The molecule has 1 aliphatic carbocycles. The Kier molecular flexibility index (Phi) is 6.39. The number of carboxylic acid groups (broad SMARTS) is 1. The Morgan fingerprint density at radius 1 is 0.667 bits per heavy atom. The van der Waals surface area contributed by atoms with Crippen LogP contribution in [0.2, 0.25) is 0 Å². The molecule has 0 amide bonds. The van der Waals surface area contributed by atoms with E-state index in [-0.39, 0.29) is 5.78 Å². The molecule has 5 nitrogen and oxygen atoms in total. The third-order valence-corrected chi connectivity index (χ3v) is 6.83. The van der Waals surface area contributed by atoms with Crippen LogP contribution < -0.4 is 9.47 Å². The van der Waals surface area contributed by atoms with Gasteiger partial charge in [-0.15, -0.1) is 0 Å². The summed E-state index contributed by atoms with van der Waals surface area (Å²) in [7, 11) is 0. The smallest absolute Gasteiger partial charge is 0.349 e. The molecule has 0 fully saturated rings. The van der Waals surface area contributed by atoms with Crippen molar-refractivity contribution in [3.63, 3.8) is 0 Å². The summed E-state index contributed by atoms with van der Waals surface area (Å²) >= 11 is 0. The van der Waals surface area contributed by atoms with Crippen LogP contribution in [0.5, 0.6) is 11.5 Å². The number of carbonyl (C=O) groups is 2. The summed E-state index contributed by atoms with van der Waals surface area (Å²) in [6.45, 7) is 0.337. The lowest BCUT2D eigenvalue weighted by Gasteiger charge is -2.16. The number of benzene rings is 5. The second-order valence-electron chi connectivity index (χ2n) is 9.31. The Balaban J connectivity index is 1.13. The summed E-state index contributed by atoms with van der Waals surface area (Å²) < 4.78 is 11.9. The van der Waals surface area contributed by atoms with Gasteiger partial charge in [0.15, 0.2) is 5.78 Å². The van der Waals surface area contributed by atoms with Gasteiger partial charge in [-0.05, 0) is 46.0 Å². The van der Waals surface area contributed by atoms with E-state index in [1.165, 1.54) is 0 Å². The first-order valence-corrected chi connectivity index (χ1v) is 12.6. The number of hydrogen-bond acceptors (Lipinski definition) is 4. The molecule has 0 radical (unpaired) electrons. The molecule has 5 heteroatoms. The number of fused-ring (bicyclic) bond motifs is 3. The molecule has 0 saturated heterocycles. The number of ketones is 1. The summed E-state index contributed by atoms with van der Waals surface area (Å²) in [4.78, 5) is 24.7. The maximum atomic E-state index is 13.0. The Morgan fingerprint density at radius 3 is 1.97 bits per heavy atom. The molecule has 1 aliphatic rings. The quantitative estimate of drug-likeness (QED) is 0.231. The van der Waals surface area contributed by atoms with Crippen LogP contribution in [-0.4, -0.2) is 16.9 Å². The number of aliphatic carboxylic acids is 1. The zero-order chi connectivity index (χ0) is 26.8. The molecule has 0 bridgehead atoms. The molecule has 1 unspecified atom stereocenters. The first-order chi connectivity index (χ1) is 19.1. The van der Waals surface area contributed by atoms with E-state index >= 15 is 0 Å². The van der Waals surface area contributed by atoms with E-state index in [1.807, 2.05) is 84.9 Å². The van der Waals surface area contributed by atoms with E-state index < -0.39 is 12.1 Å². The van der Waals surface area contributed by atoms with Crippen molar-refractivity contribution < 1.29 is 24.2 Å². The Labute approximate surface area is 225 Å². The molecule has 1 atom stereocenters. The molecule has 39 heavy (non-hydrogen) atoms. The van der Waals surface area contributed by atoms with Gasteiger partial charge in [-0.25, -0.2) is 4.79 Å². The Bertz CT molecular complexity index is 1660. The van der Waals surface area contributed by atoms with Crippen LogP contribution >= 0.6 is 0 Å². The van der Waals surface area contributed by atoms with Crippen LogP contribution in [0.25, 0.3) is 22.3 Å². The van der Waals surface area contributed by atoms with Crippen molar-refractivity contribution in [3.05, 3.63) is 144 Å². The Hall–Kier alpha value is -5.16. The SMILES string of the molecule is O=C1c2ccccc2-c2cccc(OCc3ccc(-c4ccc(OC(C(=O)O)c5ccccc5)cc4)cc3)c21. The van der Waals surface area contributed by atoms with Crippen molar-refractivity contribution in [2.24, 2.45) is 0 Å². The monoisotopic (exact) mass is 512 g/mol. The van der Waals surface area contributed by atoms with Crippen LogP contribution in [0.4, 0.5) is 0 Å². The van der Waals surface area contributed by atoms with Gasteiger partial charge in [0.1, 0.15) is 18.1 Å². The van der Waals surface area contributed by atoms with Crippen molar-refractivity contribution in [1.82, 2.24) is 0 Å². The molecule has 0 spiro atoms. The summed E-state index contributed by atoms with van der Waals surface area (Å²) in [5.41, 5.74) is 6.74. The lowest BCUT2D eigenvalue weighted by atomic mass is 10.0. The summed E-state index contributed by atoms with van der Waals surface area (Å²) in [6.07, 6.45) is -1.08. The number of carbonyl (C=O) groups excluding carboxylic acids is 1. The van der Waals surface area contributed by atoms with E-state index in [0.717, 1.165) is 27.8 Å². The van der Waals surface area contributed by atoms with Gasteiger partial charge in [-0.2, -0.15) is 0 Å². The molecular formula is C34H24O5. The molecule has 0 saturated carbocycles. The summed E-state index contributed by atoms with van der Waals surface area (Å²) in [5, 5.41) is 9.61. The average Bonchev–Trinajstić information content (AvgIpc) is 3.28. The van der Waals surface area contributed by atoms with E-state index in [0.29, 0.717) is 34.8 Å².